The topological polar surface area (TPSA) is 25.2 Å². The zero-order chi connectivity index (χ0) is 11.0. The van der Waals surface area contributed by atoms with Crippen LogP contribution in [0.4, 0.5) is 0 Å². The maximum Gasteiger partial charge on any atom is 0.0683 e. The van der Waals surface area contributed by atoms with Gasteiger partial charge in [-0.15, -0.1) is 0 Å². The first kappa shape index (κ1) is 10.3. The normalized spacial score (nSPS) is 19.4. The van der Waals surface area contributed by atoms with E-state index < -0.39 is 0 Å². The molecule has 1 atom stereocenters. The van der Waals surface area contributed by atoms with E-state index in [0.29, 0.717) is 12.0 Å². The Morgan fingerprint density at radius 2 is 2.07 bits per heavy atom. The molecule has 0 amide bonds. The molecule has 0 aromatic carbocycles. The highest BCUT2D eigenvalue weighted by atomic mass is 14.8. The number of fused-ring (bicyclic) bond motifs is 1. The second kappa shape index (κ2) is 3.76. The molecular formula is C13H18N2. The van der Waals surface area contributed by atoms with Crippen LogP contribution in [0.15, 0.2) is 11.1 Å². The first-order chi connectivity index (χ1) is 7.08. The van der Waals surface area contributed by atoms with Gasteiger partial charge in [-0.2, -0.15) is 0 Å². The van der Waals surface area contributed by atoms with Gasteiger partial charge in [0, 0.05) is 16.6 Å². The van der Waals surface area contributed by atoms with Crippen molar-refractivity contribution in [2.45, 2.75) is 40.2 Å². The molecule has 0 aliphatic carbocycles. The van der Waals surface area contributed by atoms with E-state index in [1.54, 1.807) is 0 Å². The Morgan fingerprint density at radius 1 is 1.33 bits per heavy atom. The molecule has 1 aromatic heterocycles. The highest BCUT2D eigenvalue weighted by molar-refractivity contribution is 5.30. The van der Waals surface area contributed by atoms with Gasteiger partial charge in [0.2, 0.25) is 0 Å². The van der Waals surface area contributed by atoms with Gasteiger partial charge in [-0.25, -0.2) is 0 Å². The summed E-state index contributed by atoms with van der Waals surface area (Å²) in [5.74, 6) is 0.614. The first-order valence-corrected chi connectivity index (χ1v) is 5.60. The fourth-order valence-corrected chi connectivity index (χ4v) is 2.07. The largest absolute Gasteiger partial charge is 0.281 e. The number of nitrogens with zero attached hydrogens (tertiary/aromatic N) is 2. The molecule has 2 rings (SSSR count). The lowest BCUT2D eigenvalue weighted by Gasteiger charge is -2.17. The van der Waals surface area contributed by atoms with Crippen LogP contribution in [0.5, 0.6) is 0 Å². The zero-order valence-electron chi connectivity index (χ0n) is 9.91. The third-order valence-corrected chi connectivity index (χ3v) is 2.99. The van der Waals surface area contributed by atoms with Crippen LogP contribution in [-0.2, 0) is 0 Å². The molecule has 2 nitrogen and oxygen atoms in total. The maximum absolute atomic E-state index is 4.80. The van der Waals surface area contributed by atoms with Crippen molar-refractivity contribution in [3.63, 3.8) is 0 Å². The molecule has 15 heavy (non-hydrogen) atoms. The molecular weight excluding hydrogens is 184 g/mol. The summed E-state index contributed by atoms with van der Waals surface area (Å²) < 4.78 is 0. The van der Waals surface area contributed by atoms with Gasteiger partial charge in [-0.3, -0.25) is 9.98 Å². The summed E-state index contributed by atoms with van der Waals surface area (Å²) in [5, 5.41) is 2.36. The SMILES string of the molecule is Cc1cc2c(c(C)n1)=CCC(C(C)C)N=2. The molecule has 2 heteroatoms. The van der Waals surface area contributed by atoms with Crippen LogP contribution in [0.2, 0.25) is 0 Å². The Kier molecular flexibility index (Phi) is 2.59. The lowest BCUT2D eigenvalue weighted by Crippen LogP contribution is -2.36. The molecule has 0 bridgehead atoms. The Bertz CT molecular complexity index is 486. The summed E-state index contributed by atoms with van der Waals surface area (Å²) in [6.45, 7) is 8.55. The van der Waals surface area contributed by atoms with Gasteiger partial charge in [0.25, 0.3) is 0 Å². The molecule has 1 unspecified atom stereocenters. The molecule has 0 N–H and O–H groups in total. The van der Waals surface area contributed by atoms with E-state index in [1.807, 2.05) is 6.92 Å². The highest BCUT2D eigenvalue weighted by Gasteiger charge is 2.13. The average molecular weight is 202 g/mol. The highest BCUT2D eigenvalue weighted by Crippen LogP contribution is 2.12. The molecule has 0 saturated heterocycles. The van der Waals surface area contributed by atoms with E-state index in [9.17, 15) is 0 Å². The van der Waals surface area contributed by atoms with Gasteiger partial charge >= 0.3 is 0 Å². The Morgan fingerprint density at radius 3 is 2.73 bits per heavy atom. The monoisotopic (exact) mass is 202 g/mol. The van der Waals surface area contributed by atoms with Crippen molar-refractivity contribution in [2.24, 2.45) is 10.9 Å². The Balaban J connectivity index is 2.61. The van der Waals surface area contributed by atoms with Gasteiger partial charge in [0.1, 0.15) is 0 Å². The average Bonchev–Trinajstić information content (AvgIpc) is 2.16. The molecule has 80 valence electrons. The fourth-order valence-electron chi connectivity index (χ4n) is 2.07. The summed E-state index contributed by atoms with van der Waals surface area (Å²) in [6, 6.07) is 2.53. The van der Waals surface area contributed by atoms with Gasteiger partial charge in [0.05, 0.1) is 11.4 Å². The Hall–Kier alpha value is -1.18. The number of pyridine rings is 1. The van der Waals surface area contributed by atoms with E-state index in [0.717, 1.165) is 23.2 Å². The summed E-state index contributed by atoms with van der Waals surface area (Å²) in [7, 11) is 0. The van der Waals surface area contributed by atoms with E-state index in [2.05, 4.69) is 37.9 Å². The van der Waals surface area contributed by atoms with Crippen LogP contribution in [0.25, 0.3) is 6.08 Å². The number of rotatable bonds is 1. The molecule has 0 spiro atoms. The van der Waals surface area contributed by atoms with Gasteiger partial charge in [-0.1, -0.05) is 19.9 Å². The number of hydrogen-bond donors (Lipinski definition) is 0. The number of aryl methyl sites for hydroxylation is 2. The van der Waals surface area contributed by atoms with Gasteiger partial charge in [0.15, 0.2) is 0 Å². The lowest BCUT2D eigenvalue weighted by atomic mass is 9.98. The van der Waals surface area contributed by atoms with Crippen molar-refractivity contribution in [1.82, 2.24) is 4.98 Å². The van der Waals surface area contributed by atoms with Crippen LogP contribution < -0.4 is 10.6 Å². The van der Waals surface area contributed by atoms with Crippen molar-refractivity contribution < 1.29 is 0 Å². The predicted octanol–water partition coefficient (Wildman–Crippen LogP) is 1.53. The molecule has 0 fully saturated rings. The fraction of sp³-hybridized carbons (Fsp3) is 0.538. The van der Waals surface area contributed by atoms with E-state index in [-0.39, 0.29) is 0 Å². The minimum atomic E-state index is 0.443. The summed E-state index contributed by atoms with van der Waals surface area (Å²) in [6.07, 6.45) is 3.34. The lowest BCUT2D eigenvalue weighted by molar-refractivity contribution is 0.492. The smallest absolute Gasteiger partial charge is 0.0683 e. The van der Waals surface area contributed by atoms with Crippen LogP contribution in [0, 0.1) is 19.8 Å². The first-order valence-electron chi connectivity index (χ1n) is 5.60. The second-order valence-corrected chi connectivity index (χ2v) is 4.66. The van der Waals surface area contributed by atoms with E-state index >= 15 is 0 Å². The Labute approximate surface area is 90.8 Å². The summed E-state index contributed by atoms with van der Waals surface area (Å²) >= 11 is 0. The standard InChI is InChI=1S/C13H18N2/c1-8(2)12-6-5-11-10(4)14-9(3)7-13(11)15-12/h5,7-8,12H,6H2,1-4H3. The second-order valence-electron chi connectivity index (χ2n) is 4.66. The van der Waals surface area contributed by atoms with Crippen molar-refractivity contribution in [2.75, 3.05) is 0 Å². The quantitative estimate of drug-likeness (QED) is 0.678. The number of aromatic nitrogens is 1. The molecule has 0 radical (unpaired) electrons. The summed E-state index contributed by atoms with van der Waals surface area (Å²) in [5.41, 5.74) is 2.17. The molecule has 2 heterocycles. The summed E-state index contributed by atoms with van der Waals surface area (Å²) in [4.78, 5) is 9.26. The zero-order valence-corrected chi connectivity index (χ0v) is 9.91. The molecule has 1 aromatic rings. The van der Waals surface area contributed by atoms with Crippen LogP contribution in [0.3, 0.4) is 0 Å². The van der Waals surface area contributed by atoms with Crippen LogP contribution >= 0.6 is 0 Å². The van der Waals surface area contributed by atoms with E-state index in [1.165, 1.54) is 5.22 Å². The molecule has 0 saturated carbocycles. The third-order valence-electron chi connectivity index (χ3n) is 2.99. The number of hydrogen-bond acceptors (Lipinski definition) is 2. The molecule has 1 aliphatic rings. The minimum Gasteiger partial charge on any atom is -0.281 e. The third kappa shape index (κ3) is 1.94. The van der Waals surface area contributed by atoms with Crippen LogP contribution in [0.1, 0.15) is 31.7 Å². The van der Waals surface area contributed by atoms with Gasteiger partial charge < -0.3 is 0 Å². The minimum absolute atomic E-state index is 0.443. The predicted molar refractivity (Wildman–Crippen MR) is 62.2 cm³/mol. The van der Waals surface area contributed by atoms with Crippen molar-refractivity contribution in [3.05, 3.63) is 28.0 Å². The van der Waals surface area contributed by atoms with Crippen LogP contribution in [-0.4, -0.2) is 11.0 Å². The van der Waals surface area contributed by atoms with Gasteiger partial charge in [-0.05, 0) is 32.3 Å². The van der Waals surface area contributed by atoms with Crippen molar-refractivity contribution in [3.8, 4) is 0 Å². The molecule has 1 aliphatic heterocycles. The van der Waals surface area contributed by atoms with Crippen molar-refractivity contribution >= 4 is 6.08 Å². The van der Waals surface area contributed by atoms with E-state index in [4.69, 9.17) is 4.99 Å². The van der Waals surface area contributed by atoms with Crippen molar-refractivity contribution in [1.29, 1.82) is 0 Å². The maximum atomic E-state index is 4.80.